The molecule has 1 aliphatic carbocycles. The van der Waals surface area contributed by atoms with Crippen LogP contribution >= 0.6 is 0 Å². The first kappa shape index (κ1) is 9.49. The Kier molecular flexibility index (Phi) is 4.05. The predicted octanol–water partition coefficient (Wildman–Crippen LogP) is 1.20. The third-order valence-corrected chi connectivity index (χ3v) is 2.31. The minimum atomic E-state index is 0.368. The zero-order valence-electron chi connectivity index (χ0n) is 7.72. The second-order valence-corrected chi connectivity index (χ2v) is 3.14. The highest BCUT2D eigenvalue weighted by atomic mass is 14.9. The molecule has 0 aromatic rings. The number of hydrogen-bond acceptors (Lipinski definition) is 2. The fourth-order valence-electron chi connectivity index (χ4n) is 1.54. The fraction of sp³-hybridized carbons (Fsp3) is 0.600. The molecule has 0 saturated heterocycles. The Labute approximate surface area is 74.5 Å². The highest BCUT2D eigenvalue weighted by molar-refractivity contribution is 5.20. The number of allylic oxidation sites excluding steroid dienone is 3. The van der Waals surface area contributed by atoms with Gasteiger partial charge in [-0.2, -0.15) is 0 Å². The number of nitrogens with two attached hydrogens (primary N) is 1. The minimum Gasteiger partial charge on any atom is -0.329 e. The van der Waals surface area contributed by atoms with Gasteiger partial charge in [0.1, 0.15) is 0 Å². The average molecular weight is 166 g/mol. The molecular weight excluding hydrogens is 148 g/mol. The first-order valence-corrected chi connectivity index (χ1v) is 4.61. The zero-order valence-corrected chi connectivity index (χ0v) is 7.72. The Balaban J connectivity index is 2.58. The van der Waals surface area contributed by atoms with Gasteiger partial charge in [-0.1, -0.05) is 23.8 Å². The maximum absolute atomic E-state index is 5.64. The van der Waals surface area contributed by atoms with Crippen LogP contribution in [-0.2, 0) is 0 Å². The first-order valence-electron chi connectivity index (χ1n) is 4.61. The van der Waals surface area contributed by atoms with E-state index in [-0.39, 0.29) is 0 Å². The van der Waals surface area contributed by atoms with E-state index in [2.05, 4.69) is 23.5 Å². The molecule has 0 radical (unpaired) electrons. The van der Waals surface area contributed by atoms with Gasteiger partial charge in [-0.15, -0.1) is 0 Å². The van der Waals surface area contributed by atoms with Crippen molar-refractivity contribution in [2.45, 2.75) is 25.3 Å². The fourth-order valence-corrected chi connectivity index (χ4v) is 1.54. The van der Waals surface area contributed by atoms with Gasteiger partial charge in [0.05, 0.1) is 0 Å². The number of hydrogen-bond donors (Lipinski definition) is 2. The SMILES string of the molecule is CNC(CN)C1=CC=CCCC1. The first-order chi connectivity index (χ1) is 5.88. The van der Waals surface area contributed by atoms with Crippen molar-refractivity contribution in [2.24, 2.45) is 5.73 Å². The summed E-state index contributed by atoms with van der Waals surface area (Å²) in [5, 5.41) is 3.22. The molecule has 0 spiro atoms. The van der Waals surface area contributed by atoms with E-state index in [9.17, 15) is 0 Å². The quantitative estimate of drug-likeness (QED) is 0.661. The molecule has 12 heavy (non-hydrogen) atoms. The highest BCUT2D eigenvalue weighted by Gasteiger charge is 2.09. The van der Waals surface area contributed by atoms with Gasteiger partial charge in [0, 0.05) is 12.6 Å². The maximum atomic E-state index is 5.64. The van der Waals surface area contributed by atoms with E-state index in [0.29, 0.717) is 12.6 Å². The lowest BCUT2D eigenvalue weighted by Gasteiger charge is -2.16. The van der Waals surface area contributed by atoms with Crippen molar-refractivity contribution >= 4 is 0 Å². The number of likely N-dealkylation sites (N-methyl/N-ethyl adjacent to an activating group) is 1. The van der Waals surface area contributed by atoms with E-state index in [1.54, 1.807) is 0 Å². The third-order valence-electron chi connectivity index (χ3n) is 2.31. The van der Waals surface area contributed by atoms with Gasteiger partial charge in [-0.25, -0.2) is 0 Å². The van der Waals surface area contributed by atoms with Crippen molar-refractivity contribution in [1.82, 2.24) is 5.32 Å². The second-order valence-electron chi connectivity index (χ2n) is 3.14. The van der Waals surface area contributed by atoms with Crippen LogP contribution in [0.5, 0.6) is 0 Å². The van der Waals surface area contributed by atoms with Gasteiger partial charge in [0.25, 0.3) is 0 Å². The highest BCUT2D eigenvalue weighted by Crippen LogP contribution is 2.15. The summed E-state index contributed by atoms with van der Waals surface area (Å²) in [5.41, 5.74) is 7.08. The lowest BCUT2D eigenvalue weighted by molar-refractivity contribution is 0.613. The monoisotopic (exact) mass is 166 g/mol. The smallest absolute Gasteiger partial charge is 0.0404 e. The summed E-state index contributed by atoms with van der Waals surface area (Å²) < 4.78 is 0. The molecule has 0 fully saturated rings. The summed E-state index contributed by atoms with van der Waals surface area (Å²) in [6.07, 6.45) is 10.2. The molecule has 1 aliphatic rings. The van der Waals surface area contributed by atoms with Crippen molar-refractivity contribution in [3.63, 3.8) is 0 Å². The van der Waals surface area contributed by atoms with Gasteiger partial charge in [-0.3, -0.25) is 0 Å². The van der Waals surface area contributed by atoms with Crippen LogP contribution in [0.15, 0.2) is 23.8 Å². The zero-order chi connectivity index (χ0) is 8.81. The normalized spacial score (nSPS) is 20.0. The third kappa shape index (κ3) is 2.47. The van der Waals surface area contributed by atoms with Crippen molar-refractivity contribution < 1.29 is 0 Å². The molecule has 0 amide bonds. The van der Waals surface area contributed by atoms with Crippen LogP contribution in [0.3, 0.4) is 0 Å². The molecule has 68 valence electrons. The lowest BCUT2D eigenvalue weighted by Crippen LogP contribution is -2.35. The van der Waals surface area contributed by atoms with Crippen LogP contribution in [0.25, 0.3) is 0 Å². The van der Waals surface area contributed by atoms with Crippen LogP contribution in [-0.4, -0.2) is 19.6 Å². The van der Waals surface area contributed by atoms with E-state index in [0.717, 1.165) is 0 Å². The van der Waals surface area contributed by atoms with Gasteiger partial charge in [-0.05, 0) is 26.3 Å². The standard InChI is InChI=1S/C10H18N2/c1-12-10(8-11)9-6-4-2-3-5-7-9/h2,4,6,10,12H,3,5,7-8,11H2,1H3. The van der Waals surface area contributed by atoms with E-state index in [1.807, 2.05) is 7.05 Å². The van der Waals surface area contributed by atoms with E-state index in [1.165, 1.54) is 24.8 Å². The van der Waals surface area contributed by atoms with E-state index < -0.39 is 0 Å². The van der Waals surface area contributed by atoms with Crippen molar-refractivity contribution in [3.05, 3.63) is 23.8 Å². The Morgan fingerprint density at radius 1 is 1.67 bits per heavy atom. The molecule has 0 heterocycles. The van der Waals surface area contributed by atoms with Crippen LogP contribution in [0.4, 0.5) is 0 Å². The molecule has 0 aromatic heterocycles. The number of rotatable bonds is 3. The lowest BCUT2D eigenvalue weighted by atomic mass is 10.0. The van der Waals surface area contributed by atoms with Crippen LogP contribution < -0.4 is 11.1 Å². The van der Waals surface area contributed by atoms with Gasteiger partial charge in [0.2, 0.25) is 0 Å². The molecule has 1 unspecified atom stereocenters. The Bertz CT molecular complexity index is 178. The average Bonchev–Trinajstić information content (AvgIpc) is 2.35. The van der Waals surface area contributed by atoms with Gasteiger partial charge in [0.15, 0.2) is 0 Å². The molecule has 0 aliphatic heterocycles. The summed E-state index contributed by atoms with van der Waals surface area (Å²) in [7, 11) is 1.97. The molecule has 1 atom stereocenters. The molecular formula is C10H18N2. The molecule has 0 saturated carbocycles. The molecule has 3 N–H and O–H groups in total. The molecule has 0 aromatic carbocycles. The summed E-state index contributed by atoms with van der Waals surface area (Å²) in [6.45, 7) is 0.691. The van der Waals surface area contributed by atoms with Crippen molar-refractivity contribution in [2.75, 3.05) is 13.6 Å². The van der Waals surface area contributed by atoms with Crippen molar-refractivity contribution in [1.29, 1.82) is 0 Å². The largest absolute Gasteiger partial charge is 0.329 e. The Morgan fingerprint density at radius 3 is 3.17 bits per heavy atom. The molecule has 0 bridgehead atoms. The summed E-state index contributed by atoms with van der Waals surface area (Å²) in [4.78, 5) is 0. The van der Waals surface area contributed by atoms with E-state index in [4.69, 9.17) is 5.73 Å². The molecule has 2 heteroatoms. The number of nitrogens with one attached hydrogen (secondary N) is 1. The topological polar surface area (TPSA) is 38.0 Å². The van der Waals surface area contributed by atoms with Crippen LogP contribution in [0, 0.1) is 0 Å². The van der Waals surface area contributed by atoms with E-state index >= 15 is 0 Å². The van der Waals surface area contributed by atoms with Gasteiger partial charge < -0.3 is 11.1 Å². The second kappa shape index (κ2) is 5.12. The van der Waals surface area contributed by atoms with Gasteiger partial charge >= 0.3 is 0 Å². The summed E-state index contributed by atoms with van der Waals surface area (Å²) >= 11 is 0. The Hall–Kier alpha value is -0.600. The predicted molar refractivity (Wildman–Crippen MR) is 53.0 cm³/mol. The van der Waals surface area contributed by atoms with Crippen LogP contribution in [0.1, 0.15) is 19.3 Å². The summed E-state index contributed by atoms with van der Waals surface area (Å²) in [5.74, 6) is 0. The van der Waals surface area contributed by atoms with Crippen LogP contribution in [0.2, 0.25) is 0 Å². The summed E-state index contributed by atoms with van der Waals surface area (Å²) in [6, 6.07) is 0.368. The Morgan fingerprint density at radius 2 is 2.50 bits per heavy atom. The molecule has 2 nitrogen and oxygen atoms in total. The van der Waals surface area contributed by atoms with Crippen molar-refractivity contribution in [3.8, 4) is 0 Å². The molecule has 1 rings (SSSR count). The maximum Gasteiger partial charge on any atom is 0.0404 e. The minimum absolute atomic E-state index is 0.368.